The smallest absolute Gasteiger partial charge is 0.252 e. The molecule has 0 radical (unpaired) electrons. The van der Waals surface area contributed by atoms with E-state index >= 15 is 0 Å². The van der Waals surface area contributed by atoms with E-state index in [9.17, 15) is 13.2 Å². The van der Waals surface area contributed by atoms with Crippen molar-refractivity contribution in [2.24, 2.45) is 0 Å². The third-order valence-electron chi connectivity index (χ3n) is 5.36. The van der Waals surface area contributed by atoms with Gasteiger partial charge in [-0.1, -0.05) is 25.0 Å². The summed E-state index contributed by atoms with van der Waals surface area (Å²) < 4.78 is 27.3. The number of nitrogens with zero attached hydrogens (tertiary/aromatic N) is 1. The van der Waals surface area contributed by atoms with E-state index in [2.05, 4.69) is 5.32 Å². The molecule has 1 N–H and O–H groups in total. The second-order valence-corrected chi connectivity index (χ2v) is 10.5. The van der Waals surface area contributed by atoms with Crippen LogP contribution in [0.5, 0.6) is 0 Å². The minimum Gasteiger partial charge on any atom is -0.349 e. The van der Waals surface area contributed by atoms with Crippen LogP contribution in [0.3, 0.4) is 0 Å². The van der Waals surface area contributed by atoms with E-state index in [0.29, 0.717) is 28.9 Å². The van der Waals surface area contributed by atoms with Crippen LogP contribution >= 0.6 is 11.3 Å². The standard InChI is InChI=1S/C20H24N2O3S2/c23-20(21-17-5-1-2-6-17)16-9-7-15(8-10-16)18-11-12-19(26-18)27(24,25)22-13-3-4-14-22/h7-12,17H,1-6,13-14H2,(H,21,23). The highest BCUT2D eigenvalue weighted by Gasteiger charge is 2.28. The maximum atomic E-state index is 12.7. The largest absolute Gasteiger partial charge is 0.349 e. The van der Waals surface area contributed by atoms with E-state index in [1.165, 1.54) is 24.2 Å². The van der Waals surface area contributed by atoms with Crippen LogP contribution in [0.15, 0.2) is 40.6 Å². The van der Waals surface area contributed by atoms with E-state index in [0.717, 1.165) is 36.1 Å². The first-order valence-corrected chi connectivity index (χ1v) is 11.8. The van der Waals surface area contributed by atoms with Gasteiger partial charge in [-0.3, -0.25) is 4.79 Å². The number of amides is 1. The fraction of sp³-hybridized carbons (Fsp3) is 0.450. The monoisotopic (exact) mass is 404 g/mol. The predicted octanol–water partition coefficient (Wildman–Crippen LogP) is 3.87. The number of sulfonamides is 1. The Labute approximate surface area is 164 Å². The number of carbonyl (C=O) groups excluding carboxylic acids is 1. The Hall–Kier alpha value is -1.70. The Morgan fingerprint density at radius 2 is 1.63 bits per heavy atom. The molecule has 7 heteroatoms. The van der Waals surface area contributed by atoms with Crippen LogP contribution in [0.25, 0.3) is 10.4 Å². The molecule has 1 amide bonds. The number of nitrogens with one attached hydrogen (secondary N) is 1. The van der Waals surface area contributed by atoms with Gasteiger partial charge in [0.25, 0.3) is 15.9 Å². The first-order valence-electron chi connectivity index (χ1n) is 9.55. The molecule has 0 bridgehead atoms. The first kappa shape index (κ1) is 18.7. The second kappa shape index (κ2) is 7.73. The number of hydrogen-bond acceptors (Lipinski definition) is 4. The predicted molar refractivity (Wildman–Crippen MR) is 107 cm³/mol. The lowest BCUT2D eigenvalue weighted by Crippen LogP contribution is -2.32. The molecule has 2 aromatic rings. The minimum atomic E-state index is -3.37. The quantitative estimate of drug-likeness (QED) is 0.823. The van der Waals surface area contributed by atoms with Crippen molar-refractivity contribution in [1.29, 1.82) is 0 Å². The van der Waals surface area contributed by atoms with E-state index in [1.54, 1.807) is 10.4 Å². The first-order chi connectivity index (χ1) is 13.0. The summed E-state index contributed by atoms with van der Waals surface area (Å²) in [5.74, 6) is -0.0306. The van der Waals surface area contributed by atoms with Crippen molar-refractivity contribution < 1.29 is 13.2 Å². The highest BCUT2D eigenvalue weighted by Crippen LogP contribution is 2.33. The summed E-state index contributed by atoms with van der Waals surface area (Å²) in [7, 11) is -3.37. The van der Waals surface area contributed by atoms with Gasteiger partial charge in [0, 0.05) is 29.6 Å². The topological polar surface area (TPSA) is 66.5 Å². The molecule has 1 aromatic carbocycles. The summed E-state index contributed by atoms with van der Waals surface area (Å²) >= 11 is 1.29. The zero-order valence-electron chi connectivity index (χ0n) is 15.2. The second-order valence-electron chi connectivity index (χ2n) is 7.26. The molecule has 0 unspecified atom stereocenters. The minimum absolute atomic E-state index is 0.0306. The number of benzene rings is 1. The van der Waals surface area contributed by atoms with Gasteiger partial charge in [-0.15, -0.1) is 11.3 Å². The fourth-order valence-electron chi connectivity index (χ4n) is 3.79. The van der Waals surface area contributed by atoms with Crippen molar-refractivity contribution in [2.75, 3.05) is 13.1 Å². The molecule has 1 aliphatic carbocycles. The molecule has 5 nitrogen and oxygen atoms in total. The molecule has 2 aliphatic rings. The van der Waals surface area contributed by atoms with Crippen LogP contribution in [-0.4, -0.2) is 37.8 Å². The summed E-state index contributed by atoms with van der Waals surface area (Å²) in [4.78, 5) is 13.2. The molecule has 1 saturated heterocycles. The van der Waals surface area contributed by atoms with Gasteiger partial charge in [-0.05, 0) is 55.5 Å². The summed E-state index contributed by atoms with van der Waals surface area (Å²) in [6.07, 6.45) is 6.36. The van der Waals surface area contributed by atoms with E-state index in [4.69, 9.17) is 0 Å². The van der Waals surface area contributed by atoms with Crippen molar-refractivity contribution in [3.05, 3.63) is 42.0 Å². The van der Waals surface area contributed by atoms with Crippen molar-refractivity contribution in [3.8, 4) is 10.4 Å². The lowest BCUT2D eigenvalue weighted by Gasteiger charge is -2.13. The van der Waals surface area contributed by atoms with Crippen LogP contribution in [0, 0.1) is 0 Å². The third-order valence-corrected chi connectivity index (χ3v) is 8.86. The summed E-state index contributed by atoms with van der Waals surface area (Å²) in [5, 5.41) is 3.09. The van der Waals surface area contributed by atoms with Gasteiger partial charge < -0.3 is 5.32 Å². The molecule has 0 spiro atoms. The van der Waals surface area contributed by atoms with Gasteiger partial charge in [0.2, 0.25) is 0 Å². The molecule has 2 fully saturated rings. The van der Waals surface area contributed by atoms with Crippen LogP contribution in [0.4, 0.5) is 0 Å². The SMILES string of the molecule is O=C(NC1CCCC1)c1ccc(-c2ccc(S(=O)(=O)N3CCCC3)s2)cc1. The number of thiophene rings is 1. The normalized spacial score (nSPS) is 18.8. The average molecular weight is 405 g/mol. The maximum absolute atomic E-state index is 12.7. The lowest BCUT2D eigenvalue weighted by molar-refractivity contribution is 0.0938. The average Bonchev–Trinajstić information content (AvgIpc) is 3.43. The highest BCUT2D eigenvalue weighted by molar-refractivity contribution is 7.91. The van der Waals surface area contributed by atoms with E-state index < -0.39 is 10.0 Å². The van der Waals surface area contributed by atoms with Gasteiger partial charge in [0.05, 0.1) is 0 Å². The van der Waals surface area contributed by atoms with Gasteiger partial charge in [0.15, 0.2) is 0 Å². The van der Waals surface area contributed by atoms with Gasteiger partial charge in [-0.25, -0.2) is 8.42 Å². The number of rotatable bonds is 5. The highest BCUT2D eigenvalue weighted by atomic mass is 32.2. The molecule has 4 rings (SSSR count). The van der Waals surface area contributed by atoms with Crippen LogP contribution < -0.4 is 5.32 Å². The Morgan fingerprint density at radius 3 is 2.30 bits per heavy atom. The van der Waals surface area contributed by atoms with Crippen LogP contribution in [0.2, 0.25) is 0 Å². The lowest BCUT2D eigenvalue weighted by atomic mass is 10.1. The molecule has 27 heavy (non-hydrogen) atoms. The summed E-state index contributed by atoms with van der Waals surface area (Å²) in [6.45, 7) is 1.22. The van der Waals surface area contributed by atoms with Crippen LogP contribution in [-0.2, 0) is 10.0 Å². The van der Waals surface area contributed by atoms with Crippen molar-refractivity contribution in [3.63, 3.8) is 0 Å². The Morgan fingerprint density at radius 1 is 0.963 bits per heavy atom. The van der Waals surface area contributed by atoms with Crippen molar-refractivity contribution in [2.45, 2.75) is 48.8 Å². The molecule has 0 atom stereocenters. The number of hydrogen-bond donors (Lipinski definition) is 1. The van der Waals surface area contributed by atoms with Crippen molar-refractivity contribution in [1.82, 2.24) is 9.62 Å². The Balaban J connectivity index is 1.48. The number of carbonyl (C=O) groups is 1. The van der Waals surface area contributed by atoms with Gasteiger partial charge >= 0.3 is 0 Å². The summed E-state index contributed by atoms with van der Waals surface area (Å²) in [5.41, 5.74) is 1.58. The maximum Gasteiger partial charge on any atom is 0.252 e. The molecule has 144 valence electrons. The molecule has 1 aromatic heterocycles. The molecular weight excluding hydrogens is 380 g/mol. The molecule has 1 aliphatic heterocycles. The third kappa shape index (κ3) is 3.95. The van der Waals surface area contributed by atoms with Crippen molar-refractivity contribution >= 4 is 27.3 Å². The molecule has 2 heterocycles. The van der Waals surface area contributed by atoms with Gasteiger partial charge in [-0.2, -0.15) is 4.31 Å². The zero-order chi connectivity index (χ0) is 18.9. The van der Waals surface area contributed by atoms with Crippen LogP contribution in [0.1, 0.15) is 48.9 Å². The molecule has 1 saturated carbocycles. The Kier molecular flexibility index (Phi) is 5.34. The zero-order valence-corrected chi connectivity index (χ0v) is 16.8. The van der Waals surface area contributed by atoms with Gasteiger partial charge in [0.1, 0.15) is 4.21 Å². The molecular formula is C20H24N2O3S2. The van der Waals surface area contributed by atoms with E-state index in [-0.39, 0.29) is 5.91 Å². The van der Waals surface area contributed by atoms with E-state index in [1.807, 2.05) is 30.3 Å². The summed E-state index contributed by atoms with van der Waals surface area (Å²) in [6, 6.07) is 11.2. The fourth-order valence-corrected chi connectivity index (χ4v) is 6.78. The Bertz CT molecular complexity index is 907.